The van der Waals surface area contributed by atoms with Crippen LogP contribution in [0.2, 0.25) is 0 Å². The lowest BCUT2D eigenvalue weighted by atomic mass is 10.2. The lowest BCUT2D eigenvalue weighted by Crippen LogP contribution is -2.09. The van der Waals surface area contributed by atoms with E-state index in [-0.39, 0.29) is 20.3 Å². The Hall–Kier alpha value is -2.18. The van der Waals surface area contributed by atoms with E-state index in [9.17, 15) is 16.8 Å². The molecule has 2 aromatic rings. The number of rotatable bonds is 5. The number of aryl methyl sites for hydroxylation is 2. The van der Waals surface area contributed by atoms with Gasteiger partial charge in [-0.2, -0.15) is 0 Å². The second-order valence-corrected chi connectivity index (χ2v) is 9.65. The van der Waals surface area contributed by atoms with Crippen molar-refractivity contribution < 1.29 is 16.8 Å². The van der Waals surface area contributed by atoms with Gasteiger partial charge >= 0.3 is 0 Å². The van der Waals surface area contributed by atoms with Gasteiger partial charge in [0, 0.05) is 0 Å². The normalized spacial score (nSPS) is 12.8. The van der Waals surface area contributed by atoms with E-state index in [0.29, 0.717) is 0 Å². The van der Waals surface area contributed by atoms with E-state index in [1.54, 1.807) is 24.3 Å². The van der Waals surface area contributed by atoms with Gasteiger partial charge in [-0.15, -0.1) is 0 Å². The number of hydrogen-bond acceptors (Lipinski definition) is 4. The van der Waals surface area contributed by atoms with E-state index in [4.69, 9.17) is 0 Å². The summed E-state index contributed by atoms with van der Waals surface area (Å²) in [7, 11) is -7.91. The molecule has 0 aliphatic heterocycles. The van der Waals surface area contributed by atoms with Crippen LogP contribution in [0.5, 0.6) is 0 Å². The summed E-state index contributed by atoms with van der Waals surface area (Å²) in [5, 5.41) is 0.787. The van der Waals surface area contributed by atoms with Gasteiger partial charge in [-0.05, 0) is 50.6 Å². The molecule has 0 amide bonds. The Balaban J connectivity index is 2.61. The molecule has 6 heteroatoms. The van der Waals surface area contributed by atoms with Crippen LogP contribution in [0.25, 0.3) is 0 Å². The number of benzene rings is 2. The van der Waals surface area contributed by atoms with Crippen LogP contribution < -0.4 is 0 Å². The average molecular weight is 376 g/mol. The monoisotopic (exact) mass is 376 g/mol. The molecule has 0 N–H and O–H groups in total. The van der Waals surface area contributed by atoms with E-state index in [2.05, 4.69) is 6.58 Å². The van der Waals surface area contributed by atoms with E-state index in [1.165, 1.54) is 31.2 Å². The molecule has 0 atom stereocenters. The molecule has 0 unspecified atom stereocenters. The van der Waals surface area contributed by atoms with Crippen LogP contribution in [0.3, 0.4) is 0 Å². The Morgan fingerprint density at radius 1 is 0.800 bits per heavy atom. The van der Waals surface area contributed by atoms with E-state index in [1.807, 2.05) is 13.8 Å². The number of hydrogen-bond donors (Lipinski definition) is 0. The van der Waals surface area contributed by atoms with Gasteiger partial charge in [0.2, 0.25) is 19.7 Å². The number of sulfone groups is 2. The van der Waals surface area contributed by atoms with Crippen molar-refractivity contribution in [3.63, 3.8) is 0 Å². The highest BCUT2D eigenvalue weighted by atomic mass is 32.2. The zero-order valence-corrected chi connectivity index (χ0v) is 16.0. The van der Waals surface area contributed by atoms with E-state index in [0.717, 1.165) is 16.5 Å². The van der Waals surface area contributed by atoms with Crippen molar-refractivity contribution >= 4 is 19.7 Å². The second-order valence-electron chi connectivity index (χ2n) is 5.94. The molecule has 0 fully saturated rings. The highest BCUT2D eigenvalue weighted by Gasteiger charge is 2.25. The van der Waals surface area contributed by atoms with Crippen molar-refractivity contribution in [1.82, 2.24) is 0 Å². The Labute approximate surface area is 149 Å². The molecule has 0 aliphatic rings. The van der Waals surface area contributed by atoms with Crippen LogP contribution in [0.15, 0.2) is 80.8 Å². The maximum Gasteiger partial charge on any atom is 0.207 e. The largest absolute Gasteiger partial charge is 0.219 e. The lowest BCUT2D eigenvalue weighted by Gasteiger charge is -2.10. The molecule has 0 aliphatic carbocycles. The summed E-state index contributed by atoms with van der Waals surface area (Å²) in [5.74, 6) is 0. The second kappa shape index (κ2) is 6.98. The standard InChI is InChI=1S/C19H20O4S2/c1-14(2)19(25(22,23)18-11-7-16(4)8-12-18)13-24(20,21)17-9-5-15(3)6-10-17/h5-13H,1H2,2-4H3/b19-13-. The zero-order valence-electron chi connectivity index (χ0n) is 14.4. The van der Waals surface area contributed by atoms with Crippen LogP contribution >= 0.6 is 0 Å². The van der Waals surface area contributed by atoms with Crippen molar-refractivity contribution in [2.45, 2.75) is 30.6 Å². The molecule has 0 saturated heterocycles. The summed E-state index contributed by atoms with van der Waals surface area (Å²) in [4.78, 5) is -0.237. The van der Waals surface area contributed by atoms with Crippen molar-refractivity contribution in [2.75, 3.05) is 0 Å². The van der Waals surface area contributed by atoms with Crippen molar-refractivity contribution in [2.24, 2.45) is 0 Å². The molecular weight excluding hydrogens is 356 g/mol. The maximum atomic E-state index is 12.9. The molecule has 2 aromatic carbocycles. The molecule has 0 saturated carbocycles. The quantitative estimate of drug-likeness (QED) is 0.741. The van der Waals surface area contributed by atoms with Gasteiger partial charge in [0.05, 0.1) is 20.1 Å². The van der Waals surface area contributed by atoms with Gasteiger partial charge in [0.25, 0.3) is 0 Å². The van der Waals surface area contributed by atoms with Crippen LogP contribution in [0.1, 0.15) is 18.1 Å². The molecule has 0 bridgehead atoms. The minimum absolute atomic E-state index is 0.0338. The van der Waals surface area contributed by atoms with Crippen LogP contribution in [0, 0.1) is 13.8 Å². The van der Waals surface area contributed by atoms with Crippen molar-refractivity contribution in [3.05, 3.63) is 82.1 Å². The molecular formula is C19H20O4S2. The zero-order chi connectivity index (χ0) is 18.8. The lowest BCUT2D eigenvalue weighted by molar-refractivity contribution is 0.598. The molecule has 0 spiro atoms. The molecule has 2 rings (SSSR count). The fourth-order valence-corrected chi connectivity index (χ4v) is 5.40. The highest BCUT2D eigenvalue weighted by Crippen LogP contribution is 2.27. The van der Waals surface area contributed by atoms with E-state index >= 15 is 0 Å². The first-order valence-electron chi connectivity index (χ1n) is 7.55. The molecule has 0 heterocycles. The molecule has 0 aromatic heterocycles. The van der Waals surface area contributed by atoms with E-state index < -0.39 is 19.7 Å². The predicted octanol–water partition coefficient (Wildman–Crippen LogP) is 3.97. The molecule has 25 heavy (non-hydrogen) atoms. The first kappa shape index (κ1) is 19.1. The Morgan fingerprint density at radius 2 is 1.20 bits per heavy atom. The summed E-state index contributed by atoms with van der Waals surface area (Å²) in [6.07, 6.45) is 0. The van der Waals surface area contributed by atoms with Gasteiger partial charge in [0.15, 0.2) is 0 Å². The van der Waals surface area contributed by atoms with Crippen LogP contribution in [-0.2, 0) is 19.7 Å². The highest BCUT2D eigenvalue weighted by molar-refractivity contribution is 7.98. The maximum absolute atomic E-state index is 12.9. The molecule has 132 valence electrons. The fraction of sp³-hybridized carbons (Fsp3) is 0.158. The first-order chi connectivity index (χ1) is 11.5. The Kier molecular flexibility index (Phi) is 5.34. The van der Waals surface area contributed by atoms with Gasteiger partial charge in [0.1, 0.15) is 0 Å². The van der Waals surface area contributed by atoms with Gasteiger partial charge < -0.3 is 0 Å². The SMILES string of the molecule is C=C(C)/C(=C/S(=O)(=O)c1ccc(C)cc1)S(=O)(=O)c1ccc(C)cc1. The Bertz CT molecular complexity index is 1030. The summed E-state index contributed by atoms with van der Waals surface area (Å²) in [6.45, 7) is 8.80. The van der Waals surface area contributed by atoms with Gasteiger partial charge in [-0.25, -0.2) is 16.8 Å². The third-order valence-electron chi connectivity index (χ3n) is 3.65. The Morgan fingerprint density at radius 3 is 1.60 bits per heavy atom. The van der Waals surface area contributed by atoms with Gasteiger partial charge in [-0.3, -0.25) is 0 Å². The summed E-state index contributed by atoms with van der Waals surface area (Å²) >= 11 is 0. The fourth-order valence-electron chi connectivity index (χ4n) is 2.17. The smallest absolute Gasteiger partial charge is 0.207 e. The minimum atomic E-state index is -3.98. The first-order valence-corrected chi connectivity index (χ1v) is 10.6. The third-order valence-corrected chi connectivity index (χ3v) is 7.22. The third kappa shape index (κ3) is 4.27. The summed E-state index contributed by atoms with van der Waals surface area (Å²) < 4.78 is 50.9. The van der Waals surface area contributed by atoms with Crippen LogP contribution in [-0.4, -0.2) is 16.8 Å². The number of allylic oxidation sites excluding steroid dienone is 1. The summed E-state index contributed by atoms with van der Waals surface area (Å²) in [6, 6.07) is 12.5. The molecule has 4 nitrogen and oxygen atoms in total. The van der Waals surface area contributed by atoms with Crippen LogP contribution in [0.4, 0.5) is 0 Å². The predicted molar refractivity (Wildman–Crippen MR) is 99.6 cm³/mol. The van der Waals surface area contributed by atoms with Crippen molar-refractivity contribution in [3.8, 4) is 0 Å². The topological polar surface area (TPSA) is 68.3 Å². The van der Waals surface area contributed by atoms with Crippen molar-refractivity contribution in [1.29, 1.82) is 0 Å². The average Bonchev–Trinajstić information content (AvgIpc) is 2.53. The van der Waals surface area contributed by atoms with Gasteiger partial charge in [-0.1, -0.05) is 42.0 Å². The minimum Gasteiger partial charge on any atom is -0.219 e. The molecule has 0 radical (unpaired) electrons. The summed E-state index contributed by atoms with van der Waals surface area (Å²) in [5.41, 5.74) is 1.98.